The van der Waals surface area contributed by atoms with Gasteiger partial charge in [0.25, 0.3) is 0 Å². The van der Waals surface area contributed by atoms with Crippen LogP contribution in [0.3, 0.4) is 0 Å². The number of hydrogen-bond acceptors (Lipinski definition) is 3. The molecule has 90 valence electrons. The summed E-state index contributed by atoms with van der Waals surface area (Å²) in [5.41, 5.74) is 0.837. The quantitative estimate of drug-likeness (QED) is 0.726. The summed E-state index contributed by atoms with van der Waals surface area (Å²) < 4.78 is 2.93. The van der Waals surface area contributed by atoms with Gasteiger partial charge in [-0.3, -0.25) is 9.48 Å². The maximum Gasteiger partial charge on any atom is 0.207 e. The average Bonchev–Trinajstić information content (AvgIpc) is 2.79. The molecule has 0 saturated carbocycles. The van der Waals surface area contributed by atoms with Crippen molar-refractivity contribution in [3.63, 3.8) is 0 Å². The second-order valence-electron chi connectivity index (χ2n) is 3.91. The summed E-state index contributed by atoms with van der Waals surface area (Å²) in [4.78, 5) is 12.9. The van der Waals surface area contributed by atoms with E-state index in [2.05, 4.69) is 27.1 Å². The molecular formula is C13H9BrN2OS. The van der Waals surface area contributed by atoms with Gasteiger partial charge in [-0.1, -0.05) is 12.1 Å². The zero-order chi connectivity index (χ0) is 12.5. The highest BCUT2D eigenvalue weighted by molar-refractivity contribution is 9.10. The van der Waals surface area contributed by atoms with Crippen molar-refractivity contribution in [3.8, 4) is 0 Å². The normalized spacial score (nSPS) is 10.9. The van der Waals surface area contributed by atoms with Gasteiger partial charge in [0.1, 0.15) is 0 Å². The second-order valence-corrected chi connectivity index (χ2v) is 5.83. The van der Waals surface area contributed by atoms with Crippen LogP contribution in [-0.4, -0.2) is 9.78 Å². The Bertz CT molecular complexity index is 763. The Morgan fingerprint density at radius 3 is 2.94 bits per heavy atom. The van der Waals surface area contributed by atoms with E-state index in [-0.39, 0.29) is 5.43 Å². The van der Waals surface area contributed by atoms with E-state index in [0.29, 0.717) is 11.9 Å². The molecule has 1 aromatic carbocycles. The first-order valence-corrected chi connectivity index (χ1v) is 7.09. The van der Waals surface area contributed by atoms with Crippen LogP contribution in [-0.2, 0) is 6.54 Å². The van der Waals surface area contributed by atoms with Crippen molar-refractivity contribution in [2.75, 3.05) is 0 Å². The van der Waals surface area contributed by atoms with Gasteiger partial charge in [-0.05, 0) is 34.1 Å². The first-order chi connectivity index (χ1) is 8.74. The maximum atomic E-state index is 11.7. The van der Waals surface area contributed by atoms with E-state index in [9.17, 15) is 4.79 Å². The number of benzene rings is 1. The van der Waals surface area contributed by atoms with Gasteiger partial charge in [-0.15, -0.1) is 11.3 Å². The van der Waals surface area contributed by atoms with Crippen LogP contribution in [0.25, 0.3) is 10.9 Å². The smallest absolute Gasteiger partial charge is 0.207 e. The molecule has 0 radical (unpaired) electrons. The minimum Gasteiger partial charge on any atom is -0.287 e. The summed E-state index contributed by atoms with van der Waals surface area (Å²) in [6, 6.07) is 9.62. The van der Waals surface area contributed by atoms with E-state index in [4.69, 9.17) is 0 Å². The Hall–Kier alpha value is -1.46. The highest BCUT2D eigenvalue weighted by Crippen LogP contribution is 2.21. The maximum absolute atomic E-state index is 11.7. The molecule has 3 nitrogen and oxygen atoms in total. The van der Waals surface area contributed by atoms with E-state index in [1.165, 1.54) is 11.1 Å². The summed E-state index contributed by atoms with van der Waals surface area (Å²) in [7, 11) is 0. The van der Waals surface area contributed by atoms with Crippen molar-refractivity contribution >= 4 is 38.2 Å². The van der Waals surface area contributed by atoms with E-state index in [1.807, 2.05) is 34.3 Å². The molecule has 3 rings (SSSR count). The molecule has 0 aliphatic heterocycles. The summed E-state index contributed by atoms with van der Waals surface area (Å²) in [6.45, 7) is 0.678. The lowest BCUT2D eigenvalue weighted by Gasteiger charge is -2.07. The van der Waals surface area contributed by atoms with Gasteiger partial charge in [-0.25, -0.2) is 0 Å². The fourth-order valence-electron chi connectivity index (χ4n) is 1.87. The number of nitrogens with zero attached hydrogens (tertiary/aromatic N) is 2. The highest BCUT2D eigenvalue weighted by atomic mass is 79.9. The predicted octanol–water partition coefficient (Wildman–Crippen LogP) is 3.27. The number of para-hydroxylation sites is 1. The molecular weight excluding hydrogens is 312 g/mol. The Labute approximate surface area is 116 Å². The molecule has 0 N–H and O–H groups in total. The van der Waals surface area contributed by atoms with Crippen molar-refractivity contribution in [3.05, 3.63) is 61.5 Å². The molecule has 0 saturated heterocycles. The van der Waals surface area contributed by atoms with Crippen LogP contribution in [0.5, 0.6) is 0 Å². The molecule has 0 aliphatic carbocycles. The standard InChI is InChI=1S/C13H9BrN2OS/c14-9-5-10(18-8-9)7-16-12-4-2-1-3-11(12)13(17)6-15-16/h1-6,8H,7H2. The lowest BCUT2D eigenvalue weighted by Crippen LogP contribution is -2.12. The number of fused-ring (bicyclic) bond motifs is 1. The molecule has 5 heteroatoms. The molecule has 3 aromatic rings. The molecule has 2 aromatic heterocycles. The fraction of sp³-hybridized carbons (Fsp3) is 0.0769. The predicted molar refractivity (Wildman–Crippen MR) is 77.1 cm³/mol. The van der Waals surface area contributed by atoms with Gasteiger partial charge in [0.2, 0.25) is 5.43 Å². The van der Waals surface area contributed by atoms with Gasteiger partial charge in [-0.2, -0.15) is 5.10 Å². The third kappa shape index (κ3) is 2.11. The van der Waals surface area contributed by atoms with Gasteiger partial charge in [0.15, 0.2) is 0 Å². The number of rotatable bonds is 2. The highest BCUT2D eigenvalue weighted by Gasteiger charge is 2.05. The number of hydrogen-bond donors (Lipinski definition) is 0. The van der Waals surface area contributed by atoms with Crippen LogP contribution in [0.1, 0.15) is 4.88 Å². The van der Waals surface area contributed by atoms with Crippen LogP contribution < -0.4 is 5.43 Å². The Morgan fingerprint density at radius 2 is 2.17 bits per heavy atom. The Kier molecular flexibility index (Phi) is 3.01. The molecule has 18 heavy (non-hydrogen) atoms. The lowest BCUT2D eigenvalue weighted by molar-refractivity contribution is 0.702. The fourth-order valence-corrected chi connectivity index (χ4v) is 3.30. The van der Waals surface area contributed by atoms with Crippen molar-refractivity contribution in [2.45, 2.75) is 6.54 Å². The Balaban J connectivity index is 2.12. The van der Waals surface area contributed by atoms with Crippen molar-refractivity contribution in [1.29, 1.82) is 0 Å². The average molecular weight is 321 g/mol. The third-order valence-electron chi connectivity index (χ3n) is 2.69. The van der Waals surface area contributed by atoms with Crippen LogP contribution >= 0.6 is 27.3 Å². The molecule has 0 fully saturated rings. The van der Waals surface area contributed by atoms with E-state index >= 15 is 0 Å². The number of aromatic nitrogens is 2. The van der Waals surface area contributed by atoms with Gasteiger partial charge in [0, 0.05) is 20.1 Å². The SMILES string of the molecule is O=c1cnn(Cc2cc(Br)cs2)c2ccccc12. The van der Waals surface area contributed by atoms with Crippen LogP contribution in [0.2, 0.25) is 0 Å². The summed E-state index contributed by atoms with van der Waals surface area (Å²) in [5, 5.41) is 6.96. The second kappa shape index (κ2) is 4.66. The van der Waals surface area contributed by atoms with Crippen LogP contribution in [0.15, 0.2) is 51.2 Å². The molecule has 0 spiro atoms. The summed E-state index contributed by atoms with van der Waals surface area (Å²) >= 11 is 5.11. The first kappa shape index (κ1) is 11.6. The third-order valence-corrected chi connectivity index (χ3v) is 4.37. The lowest BCUT2D eigenvalue weighted by atomic mass is 10.2. The monoisotopic (exact) mass is 320 g/mol. The minimum atomic E-state index is -0.0331. The largest absolute Gasteiger partial charge is 0.287 e. The van der Waals surface area contributed by atoms with Crippen LogP contribution in [0.4, 0.5) is 0 Å². The van der Waals surface area contributed by atoms with Gasteiger partial charge in [0.05, 0.1) is 18.3 Å². The minimum absolute atomic E-state index is 0.0331. The topological polar surface area (TPSA) is 34.9 Å². The van der Waals surface area contributed by atoms with E-state index in [0.717, 1.165) is 9.99 Å². The van der Waals surface area contributed by atoms with Crippen LogP contribution in [0, 0.1) is 0 Å². The van der Waals surface area contributed by atoms with Crippen molar-refractivity contribution in [2.24, 2.45) is 0 Å². The molecule has 0 unspecified atom stereocenters. The molecule has 2 heterocycles. The molecule has 0 atom stereocenters. The zero-order valence-electron chi connectivity index (χ0n) is 9.34. The van der Waals surface area contributed by atoms with Gasteiger partial charge < -0.3 is 0 Å². The van der Waals surface area contributed by atoms with Crippen molar-refractivity contribution < 1.29 is 0 Å². The van der Waals surface area contributed by atoms with E-state index < -0.39 is 0 Å². The first-order valence-electron chi connectivity index (χ1n) is 5.42. The summed E-state index contributed by atoms with van der Waals surface area (Å²) in [6.07, 6.45) is 1.38. The molecule has 0 aliphatic rings. The van der Waals surface area contributed by atoms with Crippen molar-refractivity contribution in [1.82, 2.24) is 9.78 Å². The zero-order valence-corrected chi connectivity index (χ0v) is 11.7. The number of halogens is 1. The van der Waals surface area contributed by atoms with Gasteiger partial charge >= 0.3 is 0 Å². The Morgan fingerprint density at radius 1 is 1.33 bits per heavy atom. The molecule has 0 bridgehead atoms. The summed E-state index contributed by atoms with van der Waals surface area (Å²) in [5.74, 6) is 0. The molecule has 0 amide bonds. The number of thiophene rings is 1. The van der Waals surface area contributed by atoms with E-state index in [1.54, 1.807) is 11.3 Å².